The Morgan fingerprint density at radius 1 is 1.19 bits per heavy atom. The summed E-state index contributed by atoms with van der Waals surface area (Å²) in [5.41, 5.74) is 2.95. The highest BCUT2D eigenvalue weighted by Crippen LogP contribution is 2.29. The molecule has 134 valence electrons. The Morgan fingerprint density at radius 3 is 2.77 bits per heavy atom. The van der Waals surface area contributed by atoms with Gasteiger partial charge in [0.1, 0.15) is 11.5 Å². The van der Waals surface area contributed by atoms with E-state index in [1.807, 2.05) is 30.3 Å². The van der Waals surface area contributed by atoms with Crippen molar-refractivity contribution in [1.29, 1.82) is 0 Å². The van der Waals surface area contributed by atoms with Crippen molar-refractivity contribution in [3.05, 3.63) is 74.3 Å². The number of nitrogens with one attached hydrogen (secondary N) is 1. The number of rotatable bonds is 4. The summed E-state index contributed by atoms with van der Waals surface area (Å²) in [4.78, 5) is 28.9. The summed E-state index contributed by atoms with van der Waals surface area (Å²) in [6, 6.07) is 11.4. The number of hydrogen-bond acceptors (Lipinski definition) is 5. The number of aromatic nitrogens is 3. The molecule has 1 aromatic carbocycles. The Labute approximate surface area is 149 Å². The van der Waals surface area contributed by atoms with E-state index < -0.39 is 0 Å². The molecule has 0 unspecified atom stereocenters. The molecule has 7 nitrogen and oxygen atoms in total. The molecule has 0 radical (unpaired) electrons. The smallest absolute Gasteiger partial charge is 0.328 e. The molecule has 0 aliphatic carbocycles. The fourth-order valence-corrected chi connectivity index (χ4v) is 3.37. The van der Waals surface area contributed by atoms with Crippen LogP contribution in [0.15, 0.2) is 50.5 Å². The Bertz CT molecular complexity index is 1000. The molecule has 0 saturated carbocycles. The van der Waals surface area contributed by atoms with Gasteiger partial charge >= 0.3 is 5.69 Å². The van der Waals surface area contributed by atoms with E-state index in [1.54, 1.807) is 6.92 Å². The maximum atomic E-state index is 12.0. The van der Waals surface area contributed by atoms with E-state index in [4.69, 9.17) is 4.52 Å². The van der Waals surface area contributed by atoms with Crippen molar-refractivity contribution in [3.8, 4) is 11.3 Å². The number of hydrogen-bond donors (Lipinski definition) is 1. The first-order chi connectivity index (χ1) is 12.6. The van der Waals surface area contributed by atoms with Crippen molar-refractivity contribution < 1.29 is 4.52 Å². The Kier molecular flexibility index (Phi) is 4.30. The van der Waals surface area contributed by atoms with Crippen LogP contribution in [0, 0.1) is 6.92 Å². The van der Waals surface area contributed by atoms with Crippen LogP contribution in [0.4, 0.5) is 0 Å². The van der Waals surface area contributed by atoms with Crippen LogP contribution in [0.3, 0.4) is 0 Å². The van der Waals surface area contributed by atoms with Gasteiger partial charge in [-0.15, -0.1) is 0 Å². The minimum absolute atomic E-state index is 0.265. The topological polar surface area (TPSA) is 84.1 Å². The van der Waals surface area contributed by atoms with Crippen LogP contribution in [0.25, 0.3) is 11.3 Å². The van der Waals surface area contributed by atoms with Crippen molar-refractivity contribution in [1.82, 2.24) is 19.6 Å². The fourth-order valence-electron chi connectivity index (χ4n) is 3.37. The quantitative estimate of drug-likeness (QED) is 0.770. The third-order valence-corrected chi connectivity index (χ3v) is 4.75. The van der Waals surface area contributed by atoms with Gasteiger partial charge in [-0.1, -0.05) is 35.5 Å². The minimum atomic E-state index is -0.359. The SMILES string of the molecule is Cc1cc(=O)n(CCN2CCc3onc(-c4ccccc4)c3C2)c(=O)[nH]1. The van der Waals surface area contributed by atoms with Gasteiger partial charge in [0.15, 0.2) is 0 Å². The van der Waals surface area contributed by atoms with Gasteiger partial charge in [-0.25, -0.2) is 4.79 Å². The third kappa shape index (κ3) is 3.13. The van der Waals surface area contributed by atoms with Gasteiger partial charge in [0.05, 0.1) is 0 Å². The average molecular weight is 352 g/mol. The van der Waals surface area contributed by atoms with Crippen LogP contribution in [-0.4, -0.2) is 32.7 Å². The highest BCUT2D eigenvalue weighted by molar-refractivity contribution is 5.63. The van der Waals surface area contributed by atoms with E-state index in [9.17, 15) is 9.59 Å². The van der Waals surface area contributed by atoms with E-state index in [0.29, 0.717) is 25.3 Å². The summed E-state index contributed by atoms with van der Waals surface area (Å²) in [6.45, 7) is 4.19. The van der Waals surface area contributed by atoms with E-state index in [0.717, 1.165) is 35.5 Å². The van der Waals surface area contributed by atoms with Crippen molar-refractivity contribution in [3.63, 3.8) is 0 Å². The van der Waals surface area contributed by atoms with E-state index in [-0.39, 0.29) is 11.2 Å². The summed E-state index contributed by atoms with van der Waals surface area (Å²) in [5.74, 6) is 0.922. The lowest BCUT2D eigenvalue weighted by molar-refractivity contribution is 0.226. The molecule has 3 heterocycles. The number of benzene rings is 1. The van der Waals surface area contributed by atoms with Gasteiger partial charge in [-0.2, -0.15) is 0 Å². The normalized spacial score (nSPS) is 14.3. The molecule has 26 heavy (non-hydrogen) atoms. The van der Waals surface area contributed by atoms with Crippen LogP contribution >= 0.6 is 0 Å². The predicted molar refractivity (Wildman–Crippen MR) is 97.0 cm³/mol. The van der Waals surface area contributed by atoms with E-state index >= 15 is 0 Å². The lowest BCUT2D eigenvalue weighted by atomic mass is 10.0. The zero-order valence-corrected chi connectivity index (χ0v) is 14.6. The van der Waals surface area contributed by atoms with Crippen molar-refractivity contribution in [2.75, 3.05) is 13.1 Å². The first-order valence-electron chi connectivity index (χ1n) is 8.68. The standard InChI is InChI=1S/C19H20N4O3/c1-13-11-17(24)23(19(25)20-13)10-9-22-8-7-16-15(12-22)18(21-26-16)14-5-3-2-4-6-14/h2-6,11H,7-10,12H2,1H3,(H,20,25). The van der Waals surface area contributed by atoms with E-state index in [1.165, 1.54) is 10.6 Å². The number of fused-ring (bicyclic) bond motifs is 1. The second-order valence-corrected chi connectivity index (χ2v) is 6.57. The van der Waals surface area contributed by atoms with Crippen molar-refractivity contribution in [2.24, 2.45) is 0 Å². The number of aryl methyl sites for hydroxylation is 1. The van der Waals surface area contributed by atoms with Crippen LogP contribution in [0.2, 0.25) is 0 Å². The number of aromatic amines is 1. The number of H-pyrrole nitrogens is 1. The largest absolute Gasteiger partial charge is 0.360 e. The minimum Gasteiger partial charge on any atom is -0.360 e. The summed E-state index contributed by atoms with van der Waals surface area (Å²) in [7, 11) is 0. The first-order valence-corrected chi connectivity index (χ1v) is 8.68. The summed E-state index contributed by atoms with van der Waals surface area (Å²) >= 11 is 0. The Balaban J connectivity index is 1.52. The van der Waals surface area contributed by atoms with Crippen LogP contribution < -0.4 is 11.2 Å². The van der Waals surface area contributed by atoms with Crippen LogP contribution in [-0.2, 0) is 19.5 Å². The van der Waals surface area contributed by atoms with Crippen molar-refractivity contribution in [2.45, 2.75) is 26.4 Å². The lowest BCUT2D eigenvalue weighted by Crippen LogP contribution is -2.40. The predicted octanol–water partition coefficient (Wildman–Crippen LogP) is 1.56. The monoisotopic (exact) mass is 352 g/mol. The molecule has 2 aromatic heterocycles. The van der Waals surface area contributed by atoms with Crippen LogP contribution in [0.5, 0.6) is 0 Å². The summed E-state index contributed by atoms with van der Waals surface area (Å²) < 4.78 is 6.76. The third-order valence-electron chi connectivity index (χ3n) is 4.75. The molecular formula is C19H20N4O3. The fraction of sp³-hybridized carbons (Fsp3) is 0.316. The Morgan fingerprint density at radius 2 is 2.00 bits per heavy atom. The summed E-state index contributed by atoms with van der Waals surface area (Å²) in [6.07, 6.45) is 0.772. The molecule has 1 N–H and O–H groups in total. The lowest BCUT2D eigenvalue weighted by Gasteiger charge is -2.26. The average Bonchev–Trinajstić information content (AvgIpc) is 3.05. The molecule has 0 saturated heterocycles. The Hall–Kier alpha value is -2.93. The zero-order chi connectivity index (χ0) is 18.1. The number of nitrogens with zero attached hydrogens (tertiary/aromatic N) is 3. The molecule has 1 aliphatic rings. The molecule has 0 amide bonds. The molecule has 1 aliphatic heterocycles. The summed E-state index contributed by atoms with van der Waals surface area (Å²) in [5, 5.41) is 4.25. The molecular weight excluding hydrogens is 332 g/mol. The maximum absolute atomic E-state index is 12.0. The maximum Gasteiger partial charge on any atom is 0.328 e. The second kappa shape index (κ2) is 6.76. The van der Waals surface area contributed by atoms with Gasteiger partial charge in [0.25, 0.3) is 5.56 Å². The molecule has 0 atom stereocenters. The molecule has 0 fully saturated rings. The molecule has 4 rings (SSSR count). The van der Waals surface area contributed by atoms with Gasteiger partial charge in [-0.3, -0.25) is 14.3 Å². The van der Waals surface area contributed by atoms with E-state index in [2.05, 4.69) is 15.0 Å². The van der Waals surface area contributed by atoms with Gasteiger partial charge in [0.2, 0.25) is 0 Å². The van der Waals surface area contributed by atoms with Crippen LogP contribution in [0.1, 0.15) is 17.0 Å². The second-order valence-electron chi connectivity index (χ2n) is 6.57. The highest BCUT2D eigenvalue weighted by atomic mass is 16.5. The highest BCUT2D eigenvalue weighted by Gasteiger charge is 2.24. The molecule has 7 heteroatoms. The van der Waals surface area contributed by atoms with Gasteiger partial charge in [-0.05, 0) is 6.92 Å². The molecule has 3 aromatic rings. The zero-order valence-electron chi connectivity index (χ0n) is 14.6. The first kappa shape index (κ1) is 16.5. The van der Waals surface area contributed by atoms with Gasteiger partial charge in [0, 0.05) is 55.5 Å². The molecule has 0 spiro atoms. The molecule has 0 bridgehead atoms. The van der Waals surface area contributed by atoms with Gasteiger partial charge < -0.3 is 9.51 Å². The van der Waals surface area contributed by atoms with Crippen molar-refractivity contribution >= 4 is 0 Å².